The number of amides is 2. The van der Waals surface area contributed by atoms with Gasteiger partial charge in [-0.25, -0.2) is 0 Å². The van der Waals surface area contributed by atoms with Gasteiger partial charge in [-0.15, -0.1) is 0 Å². The Labute approximate surface area is 158 Å². The van der Waals surface area contributed by atoms with Crippen molar-refractivity contribution in [2.75, 3.05) is 6.54 Å². The molecule has 1 unspecified atom stereocenters. The van der Waals surface area contributed by atoms with E-state index in [1.165, 1.54) is 6.26 Å². The number of nitrogens with one attached hydrogen (secondary N) is 1. The minimum atomic E-state index is -0.258. The lowest BCUT2D eigenvalue weighted by Gasteiger charge is -2.30. The molecule has 2 amide bonds. The van der Waals surface area contributed by atoms with Crippen LogP contribution in [0.15, 0.2) is 47.1 Å². The van der Waals surface area contributed by atoms with Gasteiger partial charge in [-0.3, -0.25) is 9.59 Å². The summed E-state index contributed by atoms with van der Waals surface area (Å²) in [7, 11) is 0. The van der Waals surface area contributed by atoms with E-state index in [4.69, 9.17) is 16.0 Å². The fourth-order valence-electron chi connectivity index (χ4n) is 3.12. The lowest BCUT2D eigenvalue weighted by molar-refractivity contribution is -0.134. The lowest BCUT2D eigenvalue weighted by atomic mass is 10.1. The van der Waals surface area contributed by atoms with Crippen LogP contribution in [-0.2, 0) is 4.79 Å². The van der Waals surface area contributed by atoms with Crippen molar-refractivity contribution >= 4 is 23.4 Å². The van der Waals surface area contributed by atoms with Gasteiger partial charge in [0.25, 0.3) is 5.91 Å². The molecule has 1 N–H and O–H groups in total. The predicted octanol–water partition coefficient (Wildman–Crippen LogP) is 4.20. The molecule has 0 bridgehead atoms. The Bertz CT molecular complexity index is 756. The van der Waals surface area contributed by atoms with Gasteiger partial charge in [0.1, 0.15) is 0 Å². The average Bonchev–Trinajstić information content (AvgIpc) is 3.30. The first-order chi connectivity index (χ1) is 12.6. The van der Waals surface area contributed by atoms with Crippen LogP contribution in [0, 0.1) is 0 Å². The van der Waals surface area contributed by atoms with E-state index in [0.717, 1.165) is 18.4 Å². The number of carbonyl (C=O) groups is 2. The summed E-state index contributed by atoms with van der Waals surface area (Å²) in [6, 6.07) is 11.2. The van der Waals surface area contributed by atoms with Crippen LogP contribution in [0.5, 0.6) is 0 Å². The van der Waals surface area contributed by atoms with Gasteiger partial charge < -0.3 is 14.6 Å². The van der Waals surface area contributed by atoms with Gasteiger partial charge in [-0.05, 0) is 49.9 Å². The Balaban J connectivity index is 1.53. The second kappa shape index (κ2) is 8.41. The molecule has 0 aliphatic heterocycles. The predicted molar refractivity (Wildman–Crippen MR) is 100 cm³/mol. The third kappa shape index (κ3) is 4.47. The molecular formula is C20H23ClN2O3. The van der Waals surface area contributed by atoms with Crippen molar-refractivity contribution in [1.82, 2.24) is 10.2 Å². The average molecular weight is 375 g/mol. The smallest absolute Gasteiger partial charge is 0.286 e. The first kappa shape index (κ1) is 18.5. The number of nitrogens with zero attached hydrogens (tertiary/aromatic N) is 1. The summed E-state index contributed by atoms with van der Waals surface area (Å²) in [5, 5.41) is 3.45. The zero-order valence-electron chi connectivity index (χ0n) is 14.8. The highest BCUT2D eigenvalue weighted by molar-refractivity contribution is 6.31. The molecule has 3 rings (SSSR count). The van der Waals surface area contributed by atoms with Crippen LogP contribution in [0.3, 0.4) is 0 Å². The highest BCUT2D eigenvalue weighted by Crippen LogP contribution is 2.37. The quantitative estimate of drug-likeness (QED) is 0.704. The Morgan fingerprint density at radius 2 is 2.04 bits per heavy atom. The Kier molecular flexibility index (Phi) is 5.99. The number of carbonyl (C=O) groups excluding carboxylic acids is 2. The summed E-state index contributed by atoms with van der Waals surface area (Å²) in [5.41, 5.74) is 0.973. The maximum Gasteiger partial charge on any atom is 0.286 e. The second-order valence-corrected chi connectivity index (χ2v) is 6.97. The molecule has 138 valence electrons. The minimum absolute atomic E-state index is 0.0543. The van der Waals surface area contributed by atoms with Crippen LogP contribution in [0.1, 0.15) is 54.8 Å². The molecule has 6 heteroatoms. The minimum Gasteiger partial charge on any atom is -0.459 e. The molecule has 1 heterocycles. The zero-order valence-corrected chi connectivity index (χ0v) is 15.5. The Morgan fingerprint density at radius 3 is 2.69 bits per heavy atom. The van der Waals surface area contributed by atoms with Crippen LogP contribution in [0.2, 0.25) is 5.02 Å². The van der Waals surface area contributed by atoms with Gasteiger partial charge in [0, 0.05) is 24.0 Å². The standard InChI is InChI=1S/C20H23ClN2O3/c1-14(16-6-2-3-7-17(16)21)23(15-10-11-15)19(24)9-4-12-22-20(25)18-8-5-13-26-18/h2-3,5-8,13-15H,4,9-12H2,1H3,(H,22,25). The van der Waals surface area contributed by atoms with Crippen LogP contribution < -0.4 is 5.32 Å². The van der Waals surface area contributed by atoms with Crippen molar-refractivity contribution in [3.05, 3.63) is 59.0 Å². The third-order valence-electron chi connectivity index (χ3n) is 4.60. The number of hydrogen-bond donors (Lipinski definition) is 1. The largest absolute Gasteiger partial charge is 0.459 e. The SMILES string of the molecule is CC(c1ccccc1Cl)N(C(=O)CCCNC(=O)c1ccco1)C1CC1. The summed E-state index contributed by atoms with van der Waals surface area (Å²) in [4.78, 5) is 26.5. The first-order valence-corrected chi connectivity index (χ1v) is 9.33. The summed E-state index contributed by atoms with van der Waals surface area (Å²) >= 11 is 6.31. The number of hydrogen-bond acceptors (Lipinski definition) is 3. The topological polar surface area (TPSA) is 62.6 Å². The summed E-state index contributed by atoms with van der Waals surface area (Å²) in [6.45, 7) is 2.46. The molecule has 0 spiro atoms. The van der Waals surface area contributed by atoms with Crippen LogP contribution in [0.25, 0.3) is 0 Å². The van der Waals surface area contributed by atoms with Crippen molar-refractivity contribution in [2.24, 2.45) is 0 Å². The number of furan rings is 1. The Hall–Kier alpha value is -2.27. The molecule has 1 saturated carbocycles. The van der Waals surface area contributed by atoms with Gasteiger partial charge >= 0.3 is 0 Å². The van der Waals surface area contributed by atoms with E-state index in [0.29, 0.717) is 30.5 Å². The molecule has 26 heavy (non-hydrogen) atoms. The van der Waals surface area contributed by atoms with Gasteiger partial charge in [0.2, 0.25) is 5.91 Å². The van der Waals surface area contributed by atoms with Gasteiger partial charge in [-0.1, -0.05) is 29.8 Å². The molecule has 0 saturated heterocycles. The zero-order chi connectivity index (χ0) is 18.5. The molecule has 1 aromatic carbocycles. The van der Waals surface area contributed by atoms with Gasteiger partial charge in [-0.2, -0.15) is 0 Å². The molecular weight excluding hydrogens is 352 g/mol. The van der Waals surface area contributed by atoms with Crippen molar-refractivity contribution in [3.8, 4) is 0 Å². The van der Waals surface area contributed by atoms with Gasteiger partial charge in [0.15, 0.2) is 5.76 Å². The maximum absolute atomic E-state index is 12.8. The van der Waals surface area contributed by atoms with E-state index >= 15 is 0 Å². The van der Waals surface area contributed by atoms with Crippen molar-refractivity contribution in [2.45, 2.75) is 44.7 Å². The fourth-order valence-corrected chi connectivity index (χ4v) is 3.41. The maximum atomic E-state index is 12.8. The van der Waals surface area contributed by atoms with Crippen LogP contribution in [0.4, 0.5) is 0 Å². The fraction of sp³-hybridized carbons (Fsp3) is 0.400. The van der Waals surface area contributed by atoms with Crippen LogP contribution in [-0.4, -0.2) is 29.3 Å². The molecule has 1 aliphatic carbocycles. The van der Waals surface area contributed by atoms with E-state index in [1.807, 2.05) is 36.1 Å². The monoisotopic (exact) mass is 374 g/mol. The molecule has 1 aliphatic rings. The summed E-state index contributed by atoms with van der Waals surface area (Å²) in [5.74, 6) is 0.126. The van der Waals surface area contributed by atoms with Crippen molar-refractivity contribution in [1.29, 1.82) is 0 Å². The number of benzene rings is 1. The normalized spacial score (nSPS) is 14.7. The van der Waals surface area contributed by atoms with Crippen LogP contribution >= 0.6 is 11.6 Å². The van der Waals surface area contributed by atoms with Crippen molar-refractivity contribution in [3.63, 3.8) is 0 Å². The third-order valence-corrected chi connectivity index (χ3v) is 4.94. The molecule has 1 aromatic heterocycles. The molecule has 1 fully saturated rings. The molecule has 5 nitrogen and oxygen atoms in total. The van der Waals surface area contributed by atoms with E-state index in [-0.39, 0.29) is 23.6 Å². The second-order valence-electron chi connectivity index (χ2n) is 6.57. The first-order valence-electron chi connectivity index (χ1n) is 8.95. The summed E-state index contributed by atoms with van der Waals surface area (Å²) < 4.78 is 5.04. The van der Waals surface area contributed by atoms with E-state index < -0.39 is 0 Å². The Morgan fingerprint density at radius 1 is 1.27 bits per heavy atom. The lowest BCUT2D eigenvalue weighted by Crippen LogP contribution is -2.36. The number of halogens is 1. The van der Waals surface area contributed by atoms with E-state index in [9.17, 15) is 9.59 Å². The van der Waals surface area contributed by atoms with Crippen molar-refractivity contribution < 1.29 is 14.0 Å². The van der Waals surface area contributed by atoms with Gasteiger partial charge in [0.05, 0.1) is 12.3 Å². The number of rotatable bonds is 8. The molecule has 2 aromatic rings. The van der Waals surface area contributed by atoms with E-state index in [1.54, 1.807) is 12.1 Å². The molecule has 0 radical (unpaired) electrons. The highest BCUT2D eigenvalue weighted by Gasteiger charge is 2.36. The molecule has 1 atom stereocenters. The summed E-state index contributed by atoms with van der Waals surface area (Å²) in [6.07, 6.45) is 4.51. The highest BCUT2D eigenvalue weighted by atomic mass is 35.5. The van der Waals surface area contributed by atoms with E-state index in [2.05, 4.69) is 5.32 Å².